The van der Waals surface area contributed by atoms with Crippen LogP contribution in [0.4, 0.5) is 5.69 Å². The average Bonchev–Trinajstić information content (AvgIpc) is 3.69. The highest BCUT2D eigenvalue weighted by Gasteiger charge is 2.62. The van der Waals surface area contributed by atoms with E-state index in [1.54, 1.807) is 48.5 Å². The number of carbonyl (C=O) groups excluding carboxylic acids is 3. The third kappa shape index (κ3) is 8.78. The summed E-state index contributed by atoms with van der Waals surface area (Å²) in [5.41, 5.74) is -1.39. The lowest BCUT2D eigenvalue weighted by Crippen LogP contribution is -2.67. The molecule has 54 heavy (non-hydrogen) atoms. The van der Waals surface area contributed by atoms with Gasteiger partial charge in [0, 0.05) is 18.3 Å². The maximum Gasteiger partial charge on any atom is 0.339 e. The Kier molecular flexibility index (Phi) is 13.2. The molecule has 1 amide bonds. The molecule has 19 nitrogen and oxygen atoms in total. The Bertz CT molecular complexity index is 1880. The van der Waals surface area contributed by atoms with E-state index in [1.165, 1.54) is 0 Å². The van der Waals surface area contributed by atoms with Crippen molar-refractivity contribution >= 4 is 33.7 Å². The molecule has 1 saturated heterocycles. The number of hydrogen-bond acceptors (Lipinski definition) is 17. The number of aliphatic hydroxyl groups is 7. The number of hydrogen-bond donors (Lipinski definition) is 9. The smallest absolute Gasteiger partial charge is 0.339 e. The molecule has 0 spiro atoms. The number of anilines is 1. The number of sulfone groups is 1. The van der Waals surface area contributed by atoms with Crippen LogP contribution in [0.2, 0.25) is 0 Å². The van der Waals surface area contributed by atoms with E-state index in [0.717, 1.165) is 11.8 Å². The molecule has 1 aromatic heterocycles. The van der Waals surface area contributed by atoms with Gasteiger partial charge in [-0.05, 0) is 42.2 Å². The number of imidazole rings is 1. The van der Waals surface area contributed by atoms with Crippen molar-refractivity contribution in [2.75, 3.05) is 24.3 Å². The first-order valence-corrected chi connectivity index (χ1v) is 18.4. The Hall–Kier alpha value is -4.35. The Morgan fingerprint density at radius 3 is 2.52 bits per heavy atom. The molecular formula is C34H41N3O16S. The predicted octanol–water partition coefficient (Wildman–Crippen LogP) is -2.43. The van der Waals surface area contributed by atoms with Crippen molar-refractivity contribution in [2.24, 2.45) is 0 Å². The Labute approximate surface area is 308 Å². The molecule has 3 heterocycles. The minimum atomic E-state index is -4.26. The van der Waals surface area contributed by atoms with E-state index in [-0.39, 0.29) is 31.8 Å². The second-order valence-corrected chi connectivity index (χ2v) is 14.7. The van der Waals surface area contributed by atoms with Crippen LogP contribution in [0.5, 0.6) is 5.75 Å². The van der Waals surface area contributed by atoms with Gasteiger partial charge in [-0.2, -0.15) is 0 Å². The van der Waals surface area contributed by atoms with Crippen molar-refractivity contribution in [3.8, 4) is 5.75 Å². The largest absolute Gasteiger partial charge is 0.494 e. The van der Waals surface area contributed by atoms with Crippen molar-refractivity contribution in [3.05, 3.63) is 71.5 Å². The van der Waals surface area contributed by atoms with Crippen LogP contribution in [0.1, 0.15) is 29.7 Å². The zero-order chi connectivity index (χ0) is 39.2. The van der Waals surface area contributed by atoms with Crippen LogP contribution < -0.4 is 10.1 Å². The molecule has 2 aliphatic heterocycles. The molecule has 294 valence electrons. The Morgan fingerprint density at radius 2 is 1.81 bits per heavy atom. The summed E-state index contributed by atoms with van der Waals surface area (Å²) in [6, 6.07) is 13.4. The quantitative estimate of drug-likeness (QED) is 0.0391. The van der Waals surface area contributed by atoms with Gasteiger partial charge < -0.3 is 69.8 Å². The van der Waals surface area contributed by atoms with Crippen molar-refractivity contribution in [3.63, 3.8) is 0 Å². The topological polar surface area (TPSA) is 305 Å². The first-order chi connectivity index (χ1) is 25.7. The SMILES string of the molecule is O=C[C@@H](O)[C@H](O)[C@@H](O)[C@H](O)C(=O)O[C@@]1(c2c[nH]c(S(=O)(=O)CCCOc3ccc4c(c3)CCC(=O)N4)n2)[C@H](OCc2ccccc2)O[C@H](CO)[C@@H](O)[C@@H]1O. The number of aromatic amines is 1. The van der Waals surface area contributed by atoms with Crippen LogP contribution in [0.3, 0.4) is 0 Å². The maximum absolute atomic E-state index is 13.4. The van der Waals surface area contributed by atoms with Crippen LogP contribution in [-0.2, 0) is 57.1 Å². The number of H-pyrrole nitrogens is 1. The van der Waals surface area contributed by atoms with E-state index in [0.29, 0.717) is 29.8 Å². The second-order valence-electron chi connectivity index (χ2n) is 12.7. The van der Waals surface area contributed by atoms with E-state index < -0.39 is 93.6 Å². The molecular weight excluding hydrogens is 738 g/mol. The minimum absolute atomic E-state index is 0.0309. The molecule has 9 N–H and O–H groups in total. The van der Waals surface area contributed by atoms with Gasteiger partial charge in [0.2, 0.25) is 32.8 Å². The molecule has 0 bridgehead atoms. The van der Waals surface area contributed by atoms with Gasteiger partial charge in [0.05, 0.1) is 25.6 Å². The van der Waals surface area contributed by atoms with E-state index in [1.807, 2.05) is 0 Å². The molecule has 0 unspecified atom stereocenters. The van der Waals surface area contributed by atoms with E-state index in [4.69, 9.17) is 18.9 Å². The summed E-state index contributed by atoms with van der Waals surface area (Å²) in [4.78, 5) is 42.5. The molecule has 2 aromatic carbocycles. The van der Waals surface area contributed by atoms with Gasteiger partial charge in [-0.3, -0.25) is 4.79 Å². The molecule has 1 fully saturated rings. The van der Waals surface area contributed by atoms with Crippen LogP contribution in [0, 0.1) is 0 Å². The molecule has 0 saturated carbocycles. The fraction of sp³-hybridized carbons (Fsp3) is 0.471. The summed E-state index contributed by atoms with van der Waals surface area (Å²) in [5, 5.41) is 75.2. The van der Waals surface area contributed by atoms with Gasteiger partial charge in [0.1, 0.15) is 48.1 Å². The third-order valence-electron chi connectivity index (χ3n) is 8.94. The number of aromatic nitrogens is 2. The highest BCUT2D eigenvalue weighted by molar-refractivity contribution is 7.91. The summed E-state index contributed by atoms with van der Waals surface area (Å²) < 4.78 is 49.7. The summed E-state index contributed by atoms with van der Waals surface area (Å²) >= 11 is 0. The van der Waals surface area contributed by atoms with Gasteiger partial charge in [0.25, 0.3) is 0 Å². The number of aryl methyl sites for hydroxylation is 1. The molecule has 9 atom stereocenters. The Balaban J connectivity index is 1.42. The molecule has 20 heteroatoms. The second kappa shape index (κ2) is 17.4. The van der Waals surface area contributed by atoms with Crippen LogP contribution in [0.15, 0.2) is 59.9 Å². The number of esters is 1. The van der Waals surface area contributed by atoms with Gasteiger partial charge >= 0.3 is 5.97 Å². The maximum atomic E-state index is 13.4. The van der Waals surface area contributed by atoms with Crippen molar-refractivity contribution in [1.29, 1.82) is 0 Å². The third-order valence-corrected chi connectivity index (χ3v) is 10.6. The molecule has 5 rings (SSSR count). The summed E-state index contributed by atoms with van der Waals surface area (Å²) in [5.74, 6) is -1.97. The molecule has 2 aliphatic rings. The van der Waals surface area contributed by atoms with E-state index in [9.17, 15) is 58.5 Å². The number of amides is 1. The molecule has 0 aliphatic carbocycles. The van der Waals surface area contributed by atoms with Crippen LogP contribution in [0.25, 0.3) is 0 Å². The van der Waals surface area contributed by atoms with E-state index >= 15 is 0 Å². The van der Waals surface area contributed by atoms with Crippen molar-refractivity contribution in [1.82, 2.24) is 9.97 Å². The lowest BCUT2D eigenvalue weighted by atomic mass is 9.83. The normalized spacial score (nSPS) is 25.1. The number of benzene rings is 2. The summed E-state index contributed by atoms with van der Waals surface area (Å²) in [7, 11) is -4.26. The van der Waals surface area contributed by atoms with Gasteiger partial charge in [0.15, 0.2) is 12.4 Å². The zero-order valence-corrected chi connectivity index (χ0v) is 29.3. The predicted molar refractivity (Wildman–Crippen MR) is 181 cm³/mol. The van der Waals surface area contributed by atoms with Gasteiger partial charge in [-0.25, -0.2) is 18.2 Å². The van der Waals surface area contributed by atoms with Crippen molar-refractivity contribution in [2.45, 2.75) is 85.6 Å². The Morgan fingerprint density at radius 1 is 1.07 bits per heavy atom. The highest BCUT2D eigenvalue weighted by Crippen LogP contribution is 2.43. The molecule has 0 radical (unpaired) electrons. The van der Waals surface area contributed by atoms with Crippen LogP contribution >= 0.6 is 0 Å². The van der Waals surface area contributed by atoms with Gasteiger partial charge in [-0.1, -0.05) is 30.3 Å². The minimum Gasteiger partial charge on any atom is -0.494 e. The zero-order valence-electron chi connectivity index (χ0n) is 28.5. The summed E-state index contributed by atoms with van der Waals surface area (Å²) in [6.45, 7) is -1.23. The fourth-order valence-electron chi connectivity index (χ4n) is 5.91. The fourth-order valence-corrected chi connectivity index (χ4v) is 7.08. The number of ether oxygens (including phenoxy) is 4. The van der Waals surface area contributed by atoms with Crippen molar-refractivity contribution < 1.29 is 77.5 Å². The average molecular weight is 780 g/mol. The number of nitrogens with zero attached hydrogens (tertiary/aromatic N) is 1. The lowest BCUT2D eigenvalue weighted by molar-refractivity contribution is -0.354. The lowest BCUT2D eigenvalue weighted by Gasteiger charge is -2.49. The number of carbonyl (C=O) groups is 3. The number of nitrogens with one attached hydrogen (secondary N) is 2. The highest BCUT2D eigenvalue weighted by atomic mass is 32.2. The first kappa shape index (κ1) is 40.8. The number of aliphatic hydroxyl groups excluding tert-OH is 7. The number of aldehydes is 1. The number of rotatable bonds is 17. The van der Waals surface area contributed by atoms with Gasteiger partial charge in [-0.15, -0.1) is 0 Å². The number of fused-ring (bicyclic) bond motifs is 1. The molecule has 3 aromatic rings. The van der Waals surface area contributed by atoms with Crippen LogP contribution in [-0.4, -0.2) is 140 Å². The summed E-state index contributed by atoms with van der Waals surface area (Å²) in [6.07, 6.45) is -16.2. The standard InChI is InChI=1S/C34H41N3O16S/c38-15-22(40)26(42)28(44)29(45)31(47)53-34(30(46)27(43)23(16-39)52-32(34)51-17-18-5-2-1-3-6-18)24-14-35-33(37-24)54(48,49)12-4-11-50-20-8-9-21-19(13-20)7-10-25(41)36-21/h1-3,5-6,8-9,13-15,22-23,26-30,32,39-40,42-46H,4,7,10-12,16-17H2,(H,35,37)(H,36,41)/t22-,23-,26+,27-,28-,29+,30+,32-,34-/m1/s1. The monoisotopic (exact) mass is 779 g/mol. The first-order valence-electron chi connectivity index (χ1n) is 16.7. The van der Waals surface area contributed by atoms with E-state index in [2.05, 4.69) is 15.3 Å².